The van der Waals surface area contributed by atoms with Crippen LogP contribution in [-0.2, 0) is 4.79 Å². The van der Waals surface area contributed by atoms with Crippen molar-refractivity contribution in [3.63, 3.8) is 0 Å². The number of amides is 2. The molecule has 0 radical (unpaired) electrons. The van der Waals surface area contributed by atoms with Crippen molar-refractivity contribution in [3.05, 3.63) is 68.0 Å². The molecule has 1 fully saturated rings. The zero-order valence-corrected chi connectivity index (χ0v) is 18.7. The summed E-state index contributed by atoms with van der Waals surface area (Å²) in [7, 11) is 0. The van der Waals surface area contributed by atoms with Crippen LogP contribution in [0.15, 0.2) is 41.3 Å². The van der Waals surface area contributed by atoms with E-state index in [4.69, 9.17) is 27.9 Å². The summed E-state index contributed by atoms with van der Waals surface area (Å²) in [5.41, 5.74) is 2.79. The summed E-state index contributed by atoms with van der Waals surface area (Å²) in [6, 6.07) is 11.2. The highest BCUT2D eigenvalue weighted by molar-refractivity contribution is 8.18. The van der Waals surface area contributed by atoms with Crippen molar-refractivity contribution in [2.75, 3.05) is 13.2 Å². The Morgan fingerprint density at radius 3 is 2.66 bits per heavy atom. The molecule has 29 heavy (non-hydrogen) atoms. The van der Waals surface area contributed by atoms with Crippen LogP contribution in [0.25, 0.3) is 6.08 Å². The van der Waals surface area contributed by atoms with Crippen LogP contribution in [0.3, 0.4) is 0 Å². The summed E-state index contributed by atoms with van der Waals surface area (Å²) in [5, 5.41) is 0.424. The van der Waals surface area contributed by atoms with Crippen molar-refractivity contribution in [2.45, 2.75) is 26.7 Å². The Hall–Kier alpha value is -1.95. The Labute approximate surface area is 184 Å². The highest BCUT2D eigenvalue weighted by atomic mass is 35.5. The Balaban J connectivity index is 1.69. The number of ether oxygens (including phenoxy) is 1. The van der Waals surface area contributed by atoms with E-state index in [0.717, 1.165) is 28.6 Å². The molecule has 7 heteroatoms. The molecule has 2 aromatic rings. The molecule has 2 aromatic carbocycles. The molecule has 0 saturated carbocycles. The second-order valence-electron chi connectivity index (χ2n) is 7.02. The molecule has 0 aliphatic carbocycles. The Morgan fingerprint density at radius 2 is 1.93 bits per heavy atom. The monoisotopic (exact) mass is 449 g/mol. The fourth-order valence-electron chi connectivity index (χ4n) is 2.96. The number of thioether (sulfide) groups is 1. The lowest BCUT2D eigenvalue weighted by atomic mass is 10.0. The van der Waals surface area contributed by atoms with Crippen LogP contribution < -0.4 is 4.74 Å². The number of imide groups is 1. The first kappa shape index (κ1) is 21.8. The fraction of sp³-hybridized carbons (Fsp3) is 0.273. The van der Waals surface area contributed by atoms with Gasteiger partial charge in [-0.05, 0) is 59.5 Å². The van der Waals surface area contributed by atoms with Gasteiger partial charge in [0.25, 0.3) is 11.1 Å². The maximum Gasteiger partial charge on any atom is 0.293 e. The molecule has 4 nitrogen and oxygen atoms in total. The van der Waals surface area contributed by atoms with Crippen molar-refractivity contribution in [3.8, 4) is 5.75 Å². The molecule has 1 aliphatic heterocycles. The van der Waals surface area contributed by atoms with E-state index in [1.807, 2.05) is 25.1 Å². The number of halogens is 2. The lowest BCUT2D eigenvalue weighted by molar-refractivity contribution is -0.123. The average Bonchev–Trinajstić information content (AvgIpc) is 2.92. The predicted octanol–water partition coefficient (Wildman–Crippen LogP) is 6.54. The Kier molecular flexibility index (Phi) is 6.93. The predicted molar refractivity (Wildman–Crippen MR) is 120 cm³/mol. The third-order valence-corrected chi connectivity index (χ3v) is 6.25. The molecule has 0 atom stereocenters. The van der Waals surface area contributed by atoms with Crippen molar-refractivity contribution in [1.29, 1.82) is 0 Å². The molecule has 0 unspecified atom stereocenters. The number of rotatable bonds is 6. The van der Waals surface area contributed by atoms with Crippen molar-refractivity contribution in [1.82, 2.24) is 4.90 Å². The van der Waals surface area contributed by atoms with Gasteiger partial charge >= 0.3 is 0 Å². The minimum Gasteiger partial charge on any atom is -0.491 e. The highest BCUT2D eigenvalue weighted by Gasteiger charge is 2.35. The first-order valence-corrected chi connectivity index (χ1v) is 10.8. The molecule has 1 saturated heterocycles. The van der Waals surface area contributed by atoms with E-state index in [1.165, 1.54) is 4.90 Å². The number of aryl methyl sites for hydroxylation is 1. The molecule has 3 rings (SSSR count). The van der Waals surface area contributed by atoms with E-state index in [9.17, 15) is 9.59 Å². The summed E-state index contributed by atoms with van der Waals surface area (Å²) < 4.78 is 5.91. The van der Waals surface area contributed by atoms with E-state index in [-0.39, 0.29) is 24.3 Å². The number of hydrogen-bond acceptors (Lipinski definition) is 4. The largest absolute Gasteiger partial charge is 0.491 e. The van der Waals surface area contributed by atoms with Crippen LogP contribution in [-0.4, -0.2) is 29.2 Å². The second-order valence-corrected chi connectivity index (χ2v) is 8.80. The smallest absolute Gasteiger partial charge is 0.293 e. The molecule has 1 aliphatic rings. The van der Waals surface area contributed by atoms with Crippen LogP contribution in [0.5, 0.6) is 5.75 Å². The lowest BCUT2D eigenvalue weighted by Crippen LogP contribution is -2.32. The van der Waals surface area contributed by atoms with E-state index >= 15 is 0 Å². The van der Waals surface area contributed by atoms with E-state index in [1.54, 1.807) is 24.3 Å². The van der Waals surface area contributed by atoms with Crippen molar-refractivity contribution in [2.24, 2.45) is 0 Å². The van der Waals surface area contributed by atoms with Gasteiger partial charge in [-0.1, -0.05) is 61.3 Å². The fourth-order valence-corrected chi connectivity index (χ4v) is 4.17. The SMILES string of the molecule is Cc1ccc(C(C)C)c(OCCN2C(=O)S/C(=C\c3cccc(Cl)c3Cl)C2=O)c1. The molecule has 1 heterocycles. The second kappa shape index (κ2) is 9.24. The zero-order chi connectivity index (χ0) is 21.1. The summed E-state index contributed by atoms with van der Waals surface area (Å²) in [5.74, 6) is 0.745. The minimum absolute atomic E-state index is 0.177. The molecule has 2 amide bonds. The number of carbonyl (C=O) groups is 2. The first-order valence-electron chi connectivity index (χ1n) is 9.20. The van der Waals surface area contributed by atoms with Crippen LogP contribution in [0, 0.1) is 6.92 Å². The average molecular weight is 450 g/mol. The number of benzene rings is 2. The Morgan fingerprint density at radius 1 is 1.17 bits per heavy atom. The molecule has 0 N–H and O–H groups in total. The quantitative estimate of drug-likeness (QED) is 0.469. The molecule has 152 valence electrons. The topological polar surface area (TPSA) is 46.6 Å². The Bertz CT molecular complexity index is 988. The highest BCUT2D eigenvalue weighted by Crippen LogP contribution is 2.35. The van der Waals surface area contributed by atoms with Gasteiger partial charge in [0.15, 0.2) is 0 Å². The van der Waals surface area contributed by atoms with Crippen LogP contribution in [0.4, 0.5) is 4.79 Å². The summed E-state index contributed by atoms with van der Waals surface area (Å²) in [6.07, 6.45) is 1.59. The number of nitrogens with zero attached hydrogens (tertiary/aromatic N) is 1. The standard InChI is InChI=1S/C22H21Cl2NO3S/c1-13(2)16-8-7-14(3)11-18(16)28-10-9-25-21(26)19(29-22(25)27)12-15-5-4-6-17(23)20(15)24/h4-8,11-13H,9-10H2,1-3H3/b19-12-. The molecule has 0 bridgehead atoms. The van der Waals surface area contributed by atoms with E-state index in [2.05, 4.69) is 13.8 Å². The van der Waals surface area contributed by atoms with Gasteiger partial charge in [-0.3, -0.25) is 14.5 Å². The molecule has 0 spiro atoms. The van der Waals surface area contributed by atoms with Crippen LogP contribution in [0.2, 0.25) is 10.0 Å². The van der Waals surface area contributed by atoms with Gasteiger partial charge in [-0.25, -0.2) is 0 Å². The van der Waals surface area contributed by atoms with Gasteiger partial charge < -0.3 is 4.74 Å². The van der Waals surface area contributed by atoms with Crippen LogP contribution >= 0.6 is 35.0 Å². The minimum atomic E-state index is -0.354. The normalized spacial score (nSPS) is 15.7. The van der Waals surface area contributed by atoms with Gasteiger partial charge in [0.2, 0.25) is 0 Å². The third-order valence-electron chi connectivity index (χ3n) is 4.51. The van der Waals surface area contributed by atoms with Gasteiger partial charge in [-0.15, -0.1) is 0 Å². The summed E-state index contributed by atoms with van der Waals surface area (Å²) in [6.45, 7) is 6.60. The van der Waals surface area contributed by atoms with Gasteiger partial charge in [-0.2, -0.15) is 0 Å². The van der Waals surface area contributed by atoms with Crippen molar-refractivity contribution >= 4 is 52.2 Å². The summed E-state index contributed by atoms with van der Waals surface area (Å²) >= 11 is 13.1. The van der Waals surface area contributed by atoms with Crippen LogP contribution in [0.1, 0.15) is 36.5 Å². The third kappa shape index (κ3) is 4.97. The molecular formula is C22H21Cl2NO3S. The summed E-state index contributed by atoms with van der Waals surface area (Å²) in [4.78, 5) is 26.5. The van der Waals surface area contributed by atoms with Gasteiger partial charge in [0, 0.05) is 0 Å². The zero-order valence-electron chi connectivity index (χ0n) is 16.4. The number of carbonyl (C=O) groups excluding carboxylic acids is 2. The van der Waals surface area contributed by atoms with Gasteiger partial charge in [0.05, 0.1) is 21.5 Å². The maximum absolute atomic E-state index is 12.7. The van der Waals surface area contributed by atoms with E-state index < -0.39 is 0 Å². The van der Waals surface area contributed by atoms with Crippen molar-refractivity contribution < 1.29 is 14.3 Å². The van der Waals surface area contributed by atoms with E-state index in [0.29, 0.717) is 26.4 Å². The van der Waals surface area contributed by atoms with Gasteiger partial charge in [0.1, 0.15) is 12.4 Å². The number of hydrogen-bond donors (Lipinski definition) is 0. The maximum atomic E-state index is 12.7. The first-order chi connectivity index (χ1) is 13.8. The molecular weight excluding hydrogens is 429 g/mol. The lowest BCUT2D eigenvalue weighted by Gasteiger charge is -2.17. The molecule has 0 aromatic heterocycles.